The number of nitrogens with zero attached hydrogens (tertiary/aromatic N) is 2. The van der Waals surface area contributed by atoms with Crippen molar-refractivity contribution in [1.82, 2.24) is 5.10 Å². The molecule has 1 aromatic heterocycles. The van der Waals surface area contributed by atoms with Crippen LogP contribution in [0.2, 0.25) is 0 Å². The van der Waals surface area contributed by atoms with Gasteiger partial charge in [0.1, 0.15) is 12.6 Å². The van der Waals surface area contributed by atoms with Crippen LogP contribution in [0, 0.1) is 0 Å². The molecule has 2 N–H and O–H groups in total. The number of benzene rings is 1. The van der Waals surface area contributed by atoms with E-state index in [1.54, 1.807) is 4.68 Å². The Morgan fingerprint density at radius 2 is 2.08 bits per heavy atom. The van der Waals surface area contributed by atoms with E-state index in [2.05, 4.69) is 5.10 Å². The molecule has 0 aliphatic rings. The van der Waals surface area contributed by atoms with Gasteiger partial charge in [-0.25, -0.2) is 0 Å². The molecule has 0 atom stereocenters. The van der Waals surface area contributed by atoms with E-state index >= 15 is 0 Å². The van der Waals surface area contributed by atoms with Crippen molar-refractivity contribution >= 4 is 16.7 Å². The first-order valence-corrected chi connectivity index (χ1v) is 3.79. The molecule has 0 amide bonds. The summed E-state index contributed by atoms with van der Waals surface area (Å²) in [6.45, 7) is 0. The summed E-state index contributed by atoms with van der Waals surface area (Å²) >= 11 is 0. The van der Waals surface area contributed by atoms with Crippen LogP contribution in [0.1, 0.15) is 0 Å². The van der Waals surface area contributed by atoms with Crippen LogP contribution in [0.4, 0.5) is 5.82 Å². The fraction of sp³-hybridized carbons (Fsp3) is 0.111. The number of fused-ring (bicyclic) bond motifs is 1. The fourth-order valence-electron chi connectivity index (χ4n) is 1.17. The van der Waals surface area contributed by atoms with Crippen molar-refractivity contribution in [2.75, 3.05) is 5.73 Å². The Labute approximate surface area is 70.4 Å². The van der Waals surface area contributed by atoms with E-state index in [1.165, 1.54) is 0 Å². The Hall–Kier alpha value is -1.64. The number of aromatic nitrogens is 2. The van der Waals surface area contributed by atoms with Crippen molar-refractivity contribution < 1.29 is 4.68 Å². The quantitative estimate of drug-likeness (QED) is 0.575. The molecule has 1 aromatic carbocycles. The first-order chi connectivity index (χ1) is 5.77. The highest BCUT2D eigenvalue weighted by Crippen LogP contribution is 2.09. The van der Waals surface area contributed by atoms with Gasteiger partial charge in [0.05, 0.1) is 0 Å². The van der Waals surface area contributed by atoms with Crippen LogP contribution in [0.3, 0.4) is 0 Å². The molecule has 60 valence electrons. The van der Waals surface area contributed by atoms with Crippen molar-refractivity contribution in [2.24, 2.45) is 7.05 Å². The first-order valence-electron chi connectivity index (χ1n) is 3.79. The van der Waals surface area contributed by atoms with Gasteiger partial charge in [-0.2, -0.15) is 0 Å². The molecule has 2 rings (SSSR count). The Balaban J connectivity index is 2.84. The lowest BCUT2D eigenvalue weighted by atomic mass is 10.2. The van der Waals surface area contributed by atoms with Crippen LogP contribution in [0.25, 0.3) is 10.9 Å². The highest BCUT2D eigenvalue weighted by Gasteiger charge is 2.02. The van der Waals surface area contributed by atoms with Gasteiger partial charge in [0.15, 0.2) is 0 Å². The zero-order chi connectivity index (χ0) is 8.55. The maximum atomic E-state index is 5.69. The molecule has 1 heterocycles. The minimum atomic E-state index is 0.675. The standard InChI is InChI=1S/C9H9N3/c1-12-9(10)6-7-4-2-3-5-8(7)11-12/h2-6,10H,1H3/p+1. The largest absolute Gasteiger partial charge is 0.293 e. The van der Waals surface area contributed by atoms with Crippen molar-refractivity contribution in [2.45, 2.75) is 0 Å². The molecule has 0 saturated carbocycles. The molecule has 0 radical (unpaired) electrons. The van der Waals surface area contributed by atoms with E-state index < -0.39 is 0 Å². The number of aryl methyl sites for hydroxylation is 1. The zero-order valence-corrected chi connectivity index (χ0v) is 6.86. The van der Waals surface area contributed by atoms with Gasteiger partial charge in [0.25, 0.3) is 5.82 Å². The molecule has 0 aliphatic heterocycles. The van der Waals surface area contributed by atoms with E-state index in [0.717, 1.165) is 10.9 Å². The Morgan fingerprint density at radius 3 is 2.92 bits per heavy atom. The molecular weight excluding hydrogens is 150 g/mol. The summed E-state index contributed by atoms with van der Waals surface area (Å²) in [7, 11) is 1.84. The Bertz CT molecular complexity index is 383. The van der Waals surface area contributed by atoms with Gasteiger partial charge < -0.3 is 0 Å². The highest BCUT2D eigenvalue weighted by molar-refractivity contribution is 5.78. The molecule has 3 nitrogen and oxygen atoms in total. The van der Waals surface area contributed by atoms with E-state index in [4.69, 9.17) is 5.73 Å². The molecule has 0 unspecified atom stereocenters. The lowest BCUT2D eigenvalue weighted by molar-refractivity contribution is -0.714. The SMILES string of the molecule is C[n+]1nc2ccccc2cc1N. The van der Waals surface area contributed by atoms with Crippen LogP contribution < -0.4 is 10.4 Å². The van der Waals surface area contributed by atoms with Gasteiger partial charge in [0.2, 0.25) is 0 Å². The van der Waals surface area contributed by atoms with Gasteiger partial charge in [0, 0.05) is 11.5 Å². The normalized spacial score (nSPS) is 10.4. The van der Waals surface area contributed by atoms with Crippen molar-refractivity contribution in [1.29, 1.82) is 0 Å². The summed E-state index contributed by atoms with van der Waals surface area (Å²) in [4.78, 5) is 0. The molecule has 0 saturated heterocycles. The minimum Gasteiger partial charge on any atom is -0.285 e. The second-order valence-electron chi connectivity index (χ2n) is 2.75. The average molecular weight is 160 g/mol. The van der Waals surface area contributed by atoms with Gasteiger partial charge >= 0.3 is 0 Å². The van der Waals surface area contributed by atoms with Gasteiger partial charge in [-0.3, -0.25) is 5.73 Å². The maximum Gasteiger partial charge on any atom is 0.293 e. The molecule has 3 heteroatoms. The molecule has 2 aromatic rings. The Morgan fingerprint density at radius 1 is 1.33 bits per heavy atom. The van der Waals surface area contributed by atoms with Crippen LogP contribution in [0.5, 0.6) is 0 Å². The van der Waals surface area contributed by atoms with Crippen LogP contribution in [-0.4, -0.2) is 5.10 Å². The minimum absolute atomic E-state index is 0.675. The summed E-state index contributed by atoms with van der Waals surface area (Å²) in [5, 5.41) is 5.34. The number of hydrogen-bond acceptors (Lipinski definition) is 2. The summed E-state index contributed by atoms with van der Waals surface area (Å²) in [6, 6.07) is 9.82. The predicted molar refractivity (Wildman–Crippen MR) is 47.3 cm³/mol. The summed E-state index contributed by atoms with van der Waals surface area (Å²) in [5.41, 5.74) is 6.65. The maximum absolute atomic E-state index is 5.69. The zero-order valence-electron chi connectivity index (χ0n) is 6.86. The topological polar surface area (TPSA) is 42.8 Å². The lowest BCUT2D eigenvalue weighted by Crippen LogP contribution is -2.36. The average Bonchev–Trinajstić information content (AvgIpc) is 2.07. The van der Waals surface area contributed by atoms with Crippen molar-refractivity contribution in [3.63, 3.8) is 0 Å². The second kappa shape index (κ2) is 2.44. The van der Waals surface area contributed by atoms with Crippen molar-refractivity contribution in [3.05, 3.63) is 30.3 Å². The van der Waals surface area contributed by atoms with E-state index in [9.17, 15) is 0 Å². The molecule has 0 spiro atoms. The van der Waals surface area contributed by atoms with E-state index in [1.807, 2.05) is 37.4 Å². The smallest absolute Gasteiger partial charge is 0.285 e. The van der Waals surface area contributed by atoms with Crippen molar-refractivity contribution in [3.8, 4) is 0 Å². The Kier molecular flexibility index (Phi) is 1.43. The number of nitrogens with two attached hydrogens (primary N) is 1. The summed E-state index contributed by atoms with van der Waals surface area (Å²) < 4.78 is 1.67. The number of nitrogen functional groups attached to an aromatic ring is 1. The van der Waals surface area contributed by atoms with Crippen LogP contribution in [0.15, 0.2) is 30.3 Å². The number of hydrogen-bond donors (Lipinski definition) is 1. The fourth-order valence-corrected chi connectivity index (χ4v) is 1.17. The third-order valence-corrected chi connectivity index (χ3v) is 1.87. The molecule has 0 bridgehead atoms. The predicted octanol–water partition coefficient (Wildman–Crippen LogP) is 0.641. The second-order valence-corrected chi connectivity index (χ2v) is 2.75. The molecular formula is C9H10N3+. The first kappa shape index (κ1) is 7.03. The number of anilines is 1. The van der Waals surface area contributed by atoms with Gasteiger partial charge in [-0.1, -0.05) is 23.3 Å². The lowest BCUT2D eigenvalue weighted by Gasteiger charge is -1.96. The van der Waals surface area contributed by atoms with E-state index in [0.29, 0.717) is 5.82 Å². The highest BCUT2D eigenvalue weighted by atomic mass is 15.3. The number of rotatable bonds is 0. The summed E-state index contributed by atoms with van der Waals surface area (Å²) in [5.74, 6) is 0.675. The molecule has 12 heavy (non-hydrogen) atoms. The molecule has 0 aliphatic carbocycles. The monoisotopic (exact) mass is 160 g/mol. The van der Waals surface area contributed by atoms with Crippen LogP contribution in [-0.2, 0) is 7.05 Å². The summed E-state index contributed by atoms with van der Waals surface area (Å²) in [6.07, 6.45) is 0. The van der Waals surface area contributed by atoms with Gasteiger partial charge in [-0.15, -0.1) is 4.68 Å². The molecule has 0 fully saturated rings. The third-order valence-electron chi connectivity index (χ3n) is 1.87. The van der Waals surface area contributed by atoms with Crippen LogP contribution >= 0.6 is 0 Å². The van der Waals surface area contributed by atoms with Gasteiger partial charge in [-0.05, 0) is 6.07 Å². The van der Waals surface area contributed by atoms with E-state index in [-0.39, 0.29) is 0 Å². The third kappa shape index (κ3) is 0.993.